The van der Waals surface area contributed by atoms with Crippen LogP contribution in [0.1, 0.15) is 6.42 Å². The first-order chi connectivity index (χ1) is 7.17. The largest absolute Gasteiger partial charge is 0.460 e. The molecule has 0 amide bonds. The summed E-state index contributed by atoms with van der Waals surface area (Å²) in [6, 6.07) is 0. The second-order valence-electron chi connectivity index (χ2n) is 2.99. The van der Waals surface area contributed by atoms with E-state index in [0.717, 1.165) is 22.6 Å². The number of hydrogen-bond acceptors (Lipinski definition) is 1. The number of halogens is 10. The van der Waals surface area contributed by atoms with Gasteiger partial charge in [-0.05, 0) is 0 Å². The minimum atomic E-state index is -6.89. The van der Waals surface area contributed by atoms with Gasteiger partial charge in [-0.1, -0.05) is 22.6 Å². The summed E-state index contributed by atoms with van der Waals surface area (Å²) in [4.78, 5) is 0. The molecule has 0 fully saturated rings. The van der Waals surface area contributed by atoms with E-state index < -0.39 is 34.5 Å². The van der Waals surface area contributed by atoms with Crippen LogP contribution >= 0.6 is 22.6 Å². The van der Waals surface area contributed by atoms with Gasteiger partial charge in [0.25, 0.3) is 0 Å². The SMILES string of the molecule is OC(I)CC(F)(F)C(F)(F)C(F)(F)C(F)(F)F. The molecule has 0 aromatic heterocycles. The minimum Gasteiger partial charge on any atom is -0.383 e. The van der Waals surface area contributed by atoms with Crippen molar-refractivity contribution in [1.29, 1.82) is 0 Å². The predicted octanol–water partition coefficient (Wildman–Crippen LogP) is 3.60. The van der Waals surface area contributed by atoms with Crippen molar-refractivity contribution in [2.45, 2.75) is 34.5 Å². The Morgan fingerprint density at radius 2 is 1.18 bits per heavy atom. The van der Waals surface area contributed by atoms with Crippen molar-refractivity contribution >= 4 is 22.6 Å². The Morgan fingerprint density at radius 3 is 1.41 bits per heavy atom. The number of aliphatic hydroxyl groups excluding tert-OH is 1. The molecular formula is C6H4F9IO. The van der Waals surface area contributed by atoms with Gasteiger partial charge in [0, 0.05) is 0 Å². The summed E-state index contributed by atoms with van der Waals surface area (Å²) in [7, 11) is 0. The molecule has 0 aliphatic carbocycles. The third-order valence-corrected chi connectivity index (χ3v) is 2.07. The van der Waals surface area contributed by atoms with Gasteiger partial charge >= 0.3 is 23.9 Å². The summed E-state index contributed by atoms with van der Waals surface area (Å²) >= 11 is 0.773. The van der Waals surface area contributed by atoms with E-state index in [1.54, 1.807) is 0 Å². The van der Waals surface area contributed by atoms with Crippen LogP contribution in [0.3, 0.4) is 0 Å². The summed E-state index contributed by atoms with van der Waals surface area (Å²) in [6.07, 6.45) is -9.05. The molecule has 1 N–H and O–H groups in total. The van der Waals surface area contributed by atoms with Crippen LogP contribution in [0.4, 0.5) is 39.5 Å². The molecule has 0 heterocycles. The quantitative estimate of drug-likeness (QED) is 0.442. The molecule has 104 valence electrons. The van der Waals surface area contributed by atoms with Crippen molar-refractivity contribution in [3.63, 3.8) is 0 Å². The number of hydrogen-bond donors (Lipinski definition) is 1. The molecular weight excluding hydrogens is 386 g/mol. The van der Waals surface area contributed by atoms with Crippen molar-refractivity contribution in [1.82, 2.24) is 0 Å². The van der Waals surface area contributed by atoms with Crippen molar-refractivity contribution in [3.8, 4) is 0 Å². The Morgan fingerprint density at radius 1 is 0.824 bits per heavy atom. The monoisotopic (exact) mass is 390 g/mol. The summed E-state index contributed by atoms with van der Waals surface area (Å²) in [5.41, 5.74) is 0. The van der Waals surface area contributed by atoms with E-state index in [4.69, 9.17) is 5.11 Å². The maximum absolute atomic E-state index is 12.6. The lowest BCUT2D eigenvalue weighted by Gasteiger charge is -2.33. The molecule has 0 aromatic carbocycles. The van der Waals surface area contributed by atoms with Crippen LogP contribution in [0.15, 0.2) is 0 Å². The van der Waals surface area contributed by atoms with Crippen LogP contribution in [-0.2, 0) is 0 Å². The van der Waals surface area contributed by atoms with E-state index in [1.165, 1.54) is 0 Å². The summed E-state index contributed by atoms with van der Waals surface area (Å²) < 4.78 is 107. The number of aliphatic hydroxyl groups is 1. The molecule has 0 aromatic rings. The van der Waals surface area contributed by atoms with Crippen LogP contribution < -0.4 is 0 Å². The van der Waals surface area contributed by atoms with Crippen LogP contribution in [0.5, 0.6) is 0 Å². The second kappa shape index (κ2) is 4.63. The highest BCUT2D eigenvalue weighted by molar-refractivity contribution is 14.1. The topological polar surface area (TPSA) is 20.2 Å². The van der Waals surface area contributed by atoms with Crippen molar-refractivity contribution < 1.29 is 44.6 Å². The molecule has 11 heteroatoms. The Balaban J connectivity index is 5.39. The van der Waals surface area contributed by atoms with Gasteiger partial charge in [-0.25, -0.2) is 0 Å². The van der Waals surface area contributed by atoms with Gasteiger partial charge in [-0.15, -0.1) is 0 Å². The maximum atomic E-state index is 12.6. The van der Waals surface area contributed by atoms with Gasteiger partial charge < -0.3 is 5.11 Å². The minimum absolute atomic E-state index is 0.773. The molecule has 1 unspecified atom stereocenters. The first-order valence-corrected chi connectivity index (χ1v) is 4.93. The molecule has 0 rings (SSSR count). The second-order valence-corrected chi connectivity index (χ2v) is 4.43. The van der Waals surface area contributed by atoms with Crippen LogP contribution in [0.2, 0.25) is 0 Å². The molecule has 0 saturated carbocycles. The van der Waals surface area contributed by atoms with Crippen LogP contribution in [-0.4, -0.2) is 33.2 Å². The number of alkyl halides is 10. The molecule has 0 aliphatic rings. The highest BCUT2D eigenvalue weighted by atomic mass is 127. The normalized spacial score (nSPS) is 17.1. The Labute approximate surface area is 102 Å². The molecule has 0 saturated heterocycles. The van der Waals surface area contributed by atoms with Gasteiger partial charge in [0.05, 0.1) is 6.42 Å². The average molecular weight is 390 g/mol. The standard InChI is InChI=1S/C6H4F9IO/c7-3(8,1-2(16)17)4(9,10)5(11,12)6(13,14)15/h2,17H,1H2. The number of rotatable bonds is 4. The summed E-state index contributed by atoms with van der Waals surface area (Å²) in [6.45, 7) is 0. The molecule has 0 spiro atoms. The third-order valence-electron chi connectivity index (χ3n) is 1.63. The van der Waals surface area contributed by atoms with E-state index in [9.17, 15) is 39.5 Å². The van der Waals surface area contributed by atoms with E-state index in [1.807, 2.05) is 0 Å². The third kappa shape index (κ3) is 3.09. The fourth-order valence-electron chi connectivity index (χ4n) is 0.747. The van der Waals surface area contributed by atoms with Crippen LogP contribution in [0, 0.1) is 0 Å². The first-order valence-electron chi connectivity index (χ1n) is 3.69. The highest BCUT2D eigenvalue weighted by Gasteiger charge is 2.81. The molecule has 17 heavy (non-hydrogen) atoms. The molecule has 0 aliphatic heterocycles. The van der Waals surface area contributed by atoms with E-state index >= 15 is 0 Å². The zero-order valence-corrected chi connectivity index (χ0v) is 9.67. The maximum Gasteiger partial charge on any atom is 0.460 e. The smallest absolute Gasteiger partial charge is 0.383 e. The van der Waals surface area contributed by atoms with E-state index in [-0.39, 0.29) is 0 Å². The van der Waals surface area contributed by atoms with Gasteiger partial charge in [0.2, 0.25) is 0 Å². The van der Waals surface area contributed by atoms with Gasteiger partial charge in [0.1, 0.15) is 4.11 Å². The van der Waals surface area contributed by atoms with Crippen molar-refractivity contribution in [3.05, 3.63) is 0 Å². The molecule has 0 bridgehead atoms. The lowest BCUT2D eigenvalue weighted by Crippen LogP contribution is -2.61. The van der Waals surface area contributed by atoms with Crippen molar-refractivity contribution in [2.24, 2.45) is 0 Å². The van der Waals surface area contributed by atoms with Gasteiger partial charge in [-0.3, -0.25) is 0 Å². The average Bonchev–Trinajstić information content (AvgIpc) is 1.98. The highest BCUT2D eigenvalue weighted by Crippen LogP contribution is 2.54. The molecule has 1 atom stereocenters. The zero-order chi connectivity index (χ0) is 14.3. The van der Waals surface area contributed by atoms with Gasteiger partial charge in [0.15, 0.2) is 0 Å². The predicted molar refractivity (Wildman–Crippen MR) is 45.5 cm³/mol. The van der Waals surface area contributed by atoms with E-state index in [0.29, 0.717) is 0 Å². The fraction of sp³-hybridized carbons (Fsp3) is 1.00. The zero-order valence-electron chi connectivity index (χ0n) is 7.51. The van der Waals surface area contributed by atoms with Crippen molar-refractivity contribution in [2.75, 3.05) is 0 Å². The first kappa shape index (κ1) is 17.1. The lowest BCUT2D eigenvalue weighted by molar-refractivity contribution is -0.397. The Bertz CT molecular complexity index is 271. The van der Waals surface area contributed by atoms with E-state index in [2.05, 4.69) is 0 Å². The van der Waals surface area contributed by atoms with Gasteiger partial charge in [-0.2, -0.15) is 39.5 Å². The fourth-order valence-corrected chi connectivity index (χ4v) is 1.30. The molecule has 0 radical (unpaired) electrons. The molecule has 1 nitrogen and oxygen atoms in total. The summed E-state index contributed by atoms with van der Waals surface area (Å²) in [5.74, 6) is -19.2. The Hall–Kier alpha value is 0.0600. The Kier molecular flexibility index (Phi) is 4.64. The van der Waals surface area contributed by atoms with Crippen LogP contribution in [0.25, 0.3) is 0 Å². The summed E-state index contributed by atoms with van der Waals surface area (Å²) in [5, 5.41) is 8.37. The lowest BCUT2D eigenvalue weighted by atomic mass is 10.0.